The highest BCUT2D eigenvalue weighted by molar-refractivity contribution is 6.42. The molecule has 0 saturated carbocycles. The van der Waals surface area contributed by atoms with Crippen LogP contribution < -0.4 is 16.0 Å². The fourth-order valence-corrected chi connectivity index (χ4v) is 3.08. The van der Waals surface area contributed by atoms with Gasteiger partial charge in [-0.15, -0.1) is 0 Å². The minimum atomic E-state index is -0.753. The Kier molecular flexibility index (Phi) is 5.15. The number of hydrogen-bond donors (Lipinski definition) is 3. The third-order valence-corrected chi connectivity index (χ3v) is 4.93. The van der Waals surface area contributed by atoms with Gasteiger partial charge < -0.3 is 21.1 Å². The number of halogens is 2. The van der Waals surface area contributed by atoms with E-state index in [1.165, 1.54) is 6.33 Å². The summed E-state index contributed by atoms with van der Waals surface area (Å²) in [6.07, 6.45) is 2.55. The molecule has 132 valence electrons. The number of rotatable bonds is 4. The second-order valence-corrected chi connectivity index (χ2v) is 6.63. The van der Waals surface area contributed by atoms with Gasteiger partial charge in [0.25, 0.3) is 0 Å². The zero-order valence-corrected chi connectivity index (χ0v) is 14.8. The second kappa shape index (κ2) is 7.33. The van der Waals surface area contributed by atoms with Crippen LogP contribution in [0.5, 0.6) is 0 Å². The van der Waals surface area contributed by atoms with Gasteiger partial charge in [0, 0.05) is 18.8 Å². The molecule has 1 saturated heterocycles. The second-order valence-electron chi connectivity index (χ2n) is 5.81. The number of hydrogen-bond acceptors (Lipinski definition) is 6. The number of benzene rings is 1. The van der Waals surface area contributed by atoms with E-state index in [9.17, 15) is 4.79 Å². The number of carbonyl (C=O) groups is 1. The Labute approximate surface area is 154 Å². The summed E-state index contributed by atoms with van der Waals surface area (Å²) in [5.74, 6) is -0.00413. The molecule has 2 aromatic rings. The summed E-state index contributed by atoms with van der Waals surface area (Å²) in [6, 6.07) is 5.14. The predicted molar refractivity (Wildman–Crippen MR) is 98.8 cm³/mol. The lowest BCUT2D eigenvalue weighted by Gasteiger charge is -2.31. The molecule has 0 spiro atoms. The number of carboxylic acids is 1. The average Bonchev–Trinajstić information content (AvgIpc) is 2.60. The van der Waals surface area contributed by atoms with Gasteiger partial charge in [-0.25, -0.2) is 9.97 Å². The molecule has 0 unspecified atom stereocenters. The molecule has 0 radical (unpaired) electrons. The van der Waals surface area contributed by atoms with Crippen molar-refractivity contribution in [2.45, 2.75) is 12.8 Å². The van der Waals surface area contributed by atoms with Gasteiger partial charge in [0.15, 0.2) is 11.6 Å². The van der Waals surface area contributed by atoms with Gasteiger partial charge in [-0.3, -0.25) is 4.79 Å². The number of nitrogen functional groups attached to an aromatic ring is 1. The number of nitrogens with zero attached hydrogens (tertiary/aromatic N) is 3. The van der Waals surface area contributed by atoms with Crippen molar-refractivity contribution >= 4 is 52.2 Å². The zero-order valence-electron chi connectivity index (χ0n) is 13.2. The standard InChI is InChI=1S/C16H17Cl2N5O2/c17-11-2-1-10(7-12(11)18)22-14-13(19)15(21-8-20-14)23-5-3-9(4-6-23)16(24)25/h1-2,7-9H,3-6,19H2,(H,24,25)(H,20,21,22). The molecule has 7 nitrogen and oxygen atoms in total. The summed E-state index contributed by atoms with van der Waals surface area (Å²) in [7, 11) is 0. The smallest absolute Gasteiger partial charge is 0.306 e. The van der Waals surface area contributed by atoms with E-state index in [1.54, 1.807) is 18.2 Å². The molecule has 2 heterocycles. The molecular weight excluding hydrogens is 365 g/mol. The molecule has 9 heteroatoms. The first-order valence-electron chi connectivity index (χ1n) is 7.76. The van der Waals surface area contributed by atoms with Crippen LogP contribution in [0.4, 0.5) is 23.0 Å². The monoisotopic (exact) mass is 381 g/mol. The maximum Gasteiger partial charge on any atom is 0.306 e. The molecule has 1 aromatic carbocycles. The number of aliphatic carboxylic acids is 1. The van der Waals surface area contributed by atoms with Gasteiger partial charge in [0.1, 0.15) is 12.0 Å². The highest BCUT2D eigenvalue weighted by Gasteiger charge is 2.26. The molecule has 1 aromatic heterocycles. The Bertz CT molecular complexity index is 794. The molecule has 25 heavy (non-hydrogen) atoms. The SMILES string of the molecule is Nc1c(Nc2ccc(Cl)c(Cl)c2)ncnc1N1CCC(C(=O)O)CC1. The van der Waals surface area contributed by atoms with Gasteiger partial charge in [-0.2, -0.15) is 0 Å². The molecule has 3 rings (SSSR count). The number of aromatic nitrogens is 2. The van der Waals surface area contributed by atoms with Crippen LogP contribution in [0.3, 0.4) is 0 Å². The van der Waals surface area contributed by atoms with Gasteiger partial charge in [-0.05, 0) is 31.0 Å². The lowest BCUT2D eigenvalue weighted by Crippen LogP contribution is -2.37. The van der Waals surface area contributed by atoms with E-state index in [0.29, 0.717) is 59.0 Å². The molecule has 0 amide bonds. The Morgan fingerprint density at radius 3 is 2.60 bits per heavy atom. The van der Waals surface area contributed by atoms with E-state index >= 15 is 0 Å². The van der Waals surface area contributed by atoms with Crippen molar-refractivity contribution in [1.29, 1.82) is 0 Å². The predicted octanol–water partition coefficient (Wildman–Crippen LogP) is 3.41. The van der Waals surface area contributed by atoms with Crippen molar-refractivity contribution in [1.82, 2.24) is 9.97 Å². The number of nitrogens with two attached hydrogens (primary N) is 1. The van der Waals surface area contributed by atoms with Crippen molar-refractivity contribution in [3.63, 3.8) is 0 Å². The zero-order chi connectivity index (χ0) is 18.0. The molecule has 0 aliphatic carbocycles. The number of piperidine rings is 1. The molecule has 1 aliphatic heterocycles. The van der Waals surface area contributed by atoms with E-state index in [4.69, 9.17) is 34.0 Å². The van der Waals surface area contributed by atoms with Crippen molar-refractivity contribution in [2.24, 2.45) is 5.92 Å². The van der Waals surface area contributed by atoms with Crippen LogP contribution in [0, 0.1) is 5.92 Å². The highest BCUT2D eigenvalue weighted by atomic mass is 35.5. The van der Waals surface area contributed by atoms with Crippen LogP contribution in [-0.2, 0) is 4.79 Å². The summed E-state index contributed by atoms with van der Waals surface area (Å²) in [4.78, 5) is 21.5. The first kappa shape index (κ1) is 17.6. The van der Waals surface area contributed by atoms with Gasteiger partial charge in [-0.1, -0.05) is 23.2 Å². The van der Waals surface area contributed by atoms with Crippen molar-refractivity contribution in [2.75, 3.05) is 29.0 Å². The van der Waals surface area contributed by atoms with Gasteiger partial charge >= 0.3 is 5.97 Å². The topological polar surface area (TPSA) is 104 Å². The van der Waals surface area contributed by atoms with E-state index in [-0.39, 0.29) is 5.92 Å². The summed E-state index contributed by atoms with van der Waals surface area (Å²) in [5, 5.41) is 13.1. The van der Waals surface area contributed by atoms with Crippen LogP contribution in [0.15, 0.2) is 24.5 Å². The van der Waals surface area contributed by atoms with Crippen molar-refractivity contribution in [3.8, 4) is 0 Å². The van der Waals surface area contributed by atoms with E-state index in [1.807, 2.05) is 4.90 Å². The number of anilines is 4. The Morgan fingerprint density at radius 2 is 1.96 bits per heavy atom. The largest absolute Gasteiger partial charge is 0.481 e. The third kappa shape index (κ3) is 3.88. The van der Waals surface area contributed by atoms with E-state index in [0.717, 1.165) is 0 Å². The fourth-order valence-electron chi connectivity index (χ4n) is 2.79. The first-order valence-corrected chi connectivity index (χ1v) is 8.51. The Morgan fingerprint density at radius 1 is 1.24 bits per heavy atom. The molecule has 0 bridgehead atoms. The lowest BCUT2D eigenvalue weighted by atomic mass is 9.97. The van der Waals surface area contributed by atoms with Crippen molar-refractivity contribution < 1.29 is 9.90 Å². The van der Waals surface area contributed by atoms with Crippen LogP contribution >= 0.6 is 23.2 Å². The summed E-state index contributed by atoms with van der Waals surface area (Å²) >= 11 is 11.9. The van der Waals surface area contributed by atoms with Gasteiger partial charge in [0.05, 0.1) is 16.0 Å². The molecule has 1 fully saturated rings. The normalized spacial score (nSPS) is 15.2. The third-order valence-electron chi connectivity index (χ3n) is 4.19. The van der Waals surface area contributed by atoms with Gasteiger partial charge in [0.2, 0.25) is 0 Å². The van der Waals surface area contributed by atoms with Crippen LogP contribution in [-0.4, -0.2) is 34.1 Å². The minimum absolute atomic E-state index is 0.312. The molecule has 4 N–H and O–H groups in total. The average molecular weight is 382 g/mol. The maximum absolute atomic E-state index is 11.1. The lowest BCUT2D eigenvalue weighted by molar-refractivity contribution is -0.142. The summed E-state index contributed by atoms with van der Waals surface area (Å²) in [6.45, 7) is 1.18. The molecule has 0 atom stereocenters. The van der Waals surface area contributed by atoms with Crippen LogP contribution in [0.25, 0.3) is 0 Å². The summed E-state index contributed by atoms with van der Waals surface area (Å²) < 4.78 is 0. The van der Waals surface area contributed by atoms with Crippen LogP contribution in [0.2, 0.25) is 10.0 Å². The Hall–Kier alpha value is -2.25. The summed E-state index contributed by atoms with van der Waals surface area (Å²) in [5.41, 5.74) is 7.33. The van der Waals surface area contributed by atoms with Crippen molar-refractivity contribution in [3.05, 3.63) is 34.6 Å². The Balaban J connectivity index is 1.78. The minimum Gasteiger partial charge on any atom is -0.481 e. The molecule has 1 aliphatic rings. The fraction of sp³-hybridized carbons (Fsp3) is 0.312. The highest BCUT2D eigenvalue weighted by Crippen LogP contribution is 2.32. The van der Waals surface area contributed by atoms with E-state index < -0.39 is 5.97 Å². The molecular formula is C16H17Cl2N5O2. The quantitative estimate of drug-likeness (QED) is 0.744. The first-order chi connectivity index (χ1) is 12.0. The van der Waals surface area contributed by atoms with Crippen LogP contribution in [0.1, 0.15) is 12.8 Å². The number of carboxylic acid groups (broad SMARTS) is 1. The van der Waals surface area contributed by atoms with E-state index in [2.05, 4.69) is 15.3 Å². The number of nitrogens with one attached hydrogen (secondary N) is 1. The maximum atomic E-state index is 11.1.